The lowest BCUT2D eigenvalue weighted by molar-refractivity contribution is -0.121. The molecule has 1 saturated carbocycles. The van der Waals surface area contributed by atoms with E-state index in [-0.39, 0.29) is 5.91 Å². The summed E-state index contributed by atoms with van der Waals surface area (Å²) in [7, 11) is 1.32. The SMILES string of the molecule is COC(=O)Nc1cccc(CC(=O)NC2CCCCC2)c1. The largest absolute Gasteiger partial charge is 0.453 e. The van der Waals surface area contributed by atoms with Crippen LogP contribution >= 0.6 is 0 Å². The number of carbonyl (C=O) groups excluding carboxylic acids is 2. The summed E-state index contributed by atoms with van der Waals surface area (Å²) in [5.41, 5.74) is 1.50. The van der Waals surface area contributed by atoms with Crippen LogP contribution in [0, 0.1) is 0 Å². The molecule has 5 nitrogen and oxygen atoms in total. The Morgan fingerprint density at radius 1 is 1.24 bits per heavy atom. The highest BCUT2D eigenvalue weighted by molar-refractivity contribution is 5.85. The molecule has 0 atom stereocenters. The monoisotopic (exact) mass is 290 g/mol. The van der Waals surface area contributed by atoms with Gasteiger partial charge in [-0.3, -0.25) is 10.1 Å². The zero-order valence-electron chi connectivity index (χ0n) is 12.4. The summed E-state index contributed by atoms with van der Waals surface area (Å²) < 4.78 is 4.55. The molecule has 114 valence electrons. The molecule has 1 aromatic carbocycles. The Kier molecular flexibility index (Phi) is 5.60. The van der Waals surface area contributed by atoms with Gasteiger partial charge in [0.25, 0.3) is 0 Å². The molecule has 1 aliphatic rings. The third-order valence-electron chi connectivity index (χ3n) is 3.69. The van der Waals surface area contributed by atoms with Crippen molar-refractivity contribution < 1.29 is 14.3 Å². The van der Waals surface area contributed by atoms with E-state index in [0.717, 1.165) is 18.4 Å². The van der Waals surface area contributed by atoms with Crippen molar-refractivity contribution in [3.8, 4) is 0 Å². The van der Waals surface area contributed by atoms with Crippen LogP contribution in [0.4, 0.5) is 10.5 Å². The second-order valence-corrected chi connectivity index (χ2v) is 5.40. The van der Waals surface area contributed by atoms with Crippen LogP contribution < -0.4 is 10.6 Å². The Balaban J connectivity index is 1.87. The van der Waals surface area contributed by atoms with Crippen molar-refractivity contribution >= 4 is 17.7 Å². The summed E-state index contributed by atoms with van der Waals surface area (Å²) in [6.07, 6.45) is 5.64. The molecule has 2 N–H and O–H groups in total. The average Bonchev–Trinajstić information content (AvgIpc) is 2.48. The summed E-state index contributed by atoms with van der Waals surface area (Å²) in [6.45, 7) is 0. The number of hydrogen-bond donors (Lipinski definition) is 2. The van der Waals surface area contributed by atoms with E-state index in [4.69, 9.17) is 0 Å². The van der Waals surface area contributed by atoms with Gasteiger partial charge in [0.05, 0.1) is 13.5 Å². The van der Waals surface area contributed by atoms with Crippen molar-refractivity contribution in [2.24, 2.45) is 0 Å². The van der Waals surface area contributed by atoms with Gasteiger partial charge in [0.2, 0.25) is 5.91 Å². The van der Waals surface area contributed by atoms with Crippen LogP contribution in [0.2, 0.25) is 0 Å². The van der Waals surface area contributed by atoms with Crippen LogP contribution in [0.1, 0.15) is 37.7 Å². The van der Waals surface area contributed by atoms with Crippen LogP contribution in [0.15, 0.2) is 24.3 Å². The highest BCUT2D eigenvalue weighted by Crippen LogP contribution is 2.18. The van der Waals surface area contributed by atoms with Crippen molar-refractivity contribution in [1.82, 2.24) is 5.32 Å². The van der Waals surface area contributed by atoms with Gasteiger partial charge in [-0.1, -0.05) is 31.4 Å². The molecule has 2 amide bonds. The molecule has 1 fully saturated rings. The number of ether oxygens (including phenoxy) is 1. The molecule has 1 aromatic rings. The third-order valence-corrected chi connectivity index (χ3v) is 3.69. The average molecular weight is 290 g/mol. The fourth-order valence-corrected chi connectivity index (χ4v) is 2.64. The summed E-state index contributed by atoms with van der Waals surface area (Å²) in [6, 6.07) is 7.57. The van der Waals surface area contributed by atoms with Gasteiger partial charge in [0.15, 0.2) is 0 Å². The first kappa shape index (κ1) is 15.4. The summed E-state index contributed by atoms with van der Waals surface area (Å²) in [4.78, 5) is 23.2. The zero-order valence-corrected chi connectivity index (χ0v) is 12.4. The maximum Gasteiger partial charge on any atom is 0.411 e. The molecule has 5 heteroatoms. The Labute approximate surface area is 125 Å². The number of carbonyl (C=O) groups is 2. The lowest BCUT2D eigenvalue weighted by atomic mass is 9.95. The number of rotatable bonds is 4. The molecule has 0 radical (unpaired) electrons. The van der Waals surface area contributed by atoms with E-state index in [9.17, 15) is 9.59 Å². The van der Waals surface area contributed by atoms with Gasteiger partial charge in [-0.25, -0.2) is 4.79 Å². The van der Waals surface area contributed by atoms with Crippen molar-refractivity contribution in [1.29, 1.82) is 0 Å². The van der Waals surface area contributed by atoms with Gasteiger partial charge in [0, 0.05) is 11.7 Å². The molecule has 0 aromatic heterocycles. The zero-order chi connectivity index (χ0) is 15.1. The van der Waals surface area contributed by atoms with E-state index in [1.165, 1.54) is 26.4 Å². The van der Waals surface area contributed by atoms with Gasteiger partial charge in [-0.2, -0.15) is 0 Å². The van der Waals surface area contributed by atoms with Gasteiger partial charge in [0.1, 0.15) is 0 Å². The summed E-state index contributed by atoms with van der Waals surface area (Å²) >= 11 is 0. The Morgan fingerprint density at radius 3 is 2.71 bits per heavy atom. The first-order valence-corrected chi connectivity index (χ1v) is 7.40. The quantitative estimate of drug-likeness (QED) is 0.896. The van der Waals surface area contributed by atoms with Gasteiger partial charge in [-0.15, -0.1) is 0 Å². The fourth-order valence-electron chi connectivity index (χ4n) is 2.64. The normalized spacial score (nSPS) is 15.3. The predicted octanol–water partition coefficient (Wildman–Crippen LogP) is 2.86. The van der Waals surface area contributed by atoms with Crippen LogP contribution in [0.3, 0.4) is 0 Å². The van der Waals surface area contributed by atoms with Crippen LogP contribution in [0.5, 0.6) is 0 Å². The van der Waals surface area contributed by atoms with Crippen LogP contribution in [-0.4, -0.2) is 25.2 Å². The predicted molar refractivity (Wildman–Crippen MR) is 81.2 cm³/mol. The van der Waals surface area contributed by atoms with Crippen molar-refractivity contribution in [3.05, 3.63) is 29.8 Å². The highest BCUT2D eigenvalue weighted by Gasteiger charge is 2.15. The lowest BCUT2D eigenvalue weighted by Gasteiger charge is -2.22. The minimum Gasteiger partial charge on any atom is -0.453 e. The van der Waals surface area contributed by atoms with Crippen LogP contribution in [0.25, 0.3) is 0 Å². The first-order valence-electron chi connectivity index (χ1n) is 7.40. The highest BCUT2D eigenvalue weighted by atomic mass is 16.5. The molecule has 0 aliphatic heterocycles. The number of hydrogen-bond acceptors (Lipinski definition) is 3. The molecule has 0 bridgehead atoms. The lowest BCUT2D eigenvalue weighted by Crippen LogP contribution is -2.37. The van der Waals surface area contributed by atoms with Crippen molar-refractivity contribution in [3.63, 3.8) is 0 Å². The number of anilines is 1. The molecular weight excluding hydrogens is 268 g/mol. The summed E-state index contributed by atoms with van der Waals surface area (Å²) in [5.74, 6) is 0.0390. The number of methoxy groups -OCH3 is 1. The third kappa shape index (κ3) is 5.10. The number of nitrogens with one attached hydrogen (secondary N) is 2. The maximum absolute atomic E-state index is 12.0. The van der Waals surface area contributed by atoms with Gasteiger partial charge in [-0.05, 0) is 30.5 Å². The van der Waals surface area contributed by atoms with Crippen molar-refractivity contribution in [2.45, 2.75) is 44.6 Å². The molecule has 0 spiro atoms. The molecule has 0 saturated heterocycles. The summed E-state index contributed by atoms with van der Waals surface area (Å²) in [5, 5.41) is 5.68. The Hall–Kier alpha value is -2.04. The molecule has 2 rings (SSSR count). The van der Waals surface area contributed by atoms with Gasteiger partial charge >= 0.3 is 6.09 Å². The Morgan fingerprint density at radius 2 is 2.00 bits per heavy atom. The maximum atomic E-state index is 12.0. The second kappa shape index (κ2) is 7.67. The van der Waals surface area contributed by atoms with Crippen LogP contribution in [-0.2, 0) is 16.0 Å². The van der Waals surface area contributed by atoms with E-state index in [0.29, 0.717) is 18.2 Å². The van der Waals surface area contributed by atoms with E-state index in [2.05, 4.69) is 15.4 Å². The molecule has 1 aliphatic carbocycles. The minimum absolute atomic E-state index is 0.0390. The molecule has 0 heterocycles. The molecule has 21 heavy (non-hydrogen) atoms. The van der Waals surface area contributed by atoms with E-state index < -0.39 is 6.09 Å². The molecular formula is C16H22N2O3. The second-order valence-electron chi connectivity index (χ2n) is 5.40. The van der Waals surface area contributed by atoms with E-state index in [1.807, 2.05) is 12.1 Å². The number of benzene rings is 1. The first-order chi connectivity index (χ1) is 10.2. The Bertz CT molecular complexity index is 496. The topological polar surface area (TPSA) is 67.4 Å². The van der Waals surface area contributed by atoms with E-state index >= 15 is 0 Å². The smallest absolute Gasteiger partial charge is 0.411 e. The number of amides is 2. The van der Waals surface area contributed by atoms with Crippen molar-refractivity contribution in [2.75, 3.05) is 12.4 Å². The standard InChI is InChI=1S/C16H22N2O3/c1-21-16(20)18-14-9-5-6-12(10-14)11-15(19)17-13-7-3-2-4-8-13/h5-6,9-10,13H,2-4,7-8,11H2,1H3,(H,17,19)(H,18,20). The minimum atomic E-state index is -0.515. The fraction of sp³-hybridized carbons (Fsp3) is 0.500. The van der Waals surface area contributed by atoms with Gasteiger partial charge < -0.3 is 10.1 Å². The van der Waals surface area contributed by atoms with E-state index in [1.54, 1.807) is 12.1 Å². The molecule has 0 unspecified atom stereocenters.